The number of benzene rings is 1. The van der Waals surface area contributed by atoms with Gasteiger partial charge in [0.05, 0.1) is 0 Å². The molecule has 0 amide bonds. The summed E-state index contributed by atoms with van der Waals surface area (Å²) < 4.78 is 0. The number of rotatable bonds is 5. The van der Waals surface area contributed by atoms with Crippen LogP contribution in [0.15, 0.2) is 30.3 Å². The van der Waals surface area contributed by atoms with Gasteiger partial charge in [0.15, 0.2) is 5.11 Å². The van der Waals surface area contributed by atoms with Crippen molar-refractivity contribution in [2.45, 2.75) is 39.3 Å². The third-order valence-electron chi connectivity index (χ3n) is 3.84. The number of hydrogen-bond acceptors (Lipinski definition) is 2. The van der Waals surface area contributed by atoms with Crippen LogP contribution < -0.4 is 10.6 Å². The van der Waals surface area contributed by atoms with Crippen LogP contribution in [0.2, 0.25) is 0 Å². The minimum absolute atomic E-state index is 0.518. The van der Waals surface area contributed by atoms with Crippen molar-refractivity contribution in [3.8, 4) is 0 Å². The van der Waals surface area contributed by atoms with Gasteiger partial charge >= 0.3 is 0 Å². The summed E-state index contributed by atoms with van der Waals surface area (Å²) in [5.74, 6) is 0.623. The Labute approximate surface area is 134 Å². The summed E-state index contributed by atoms with van der Waals surface area (Å²) >= 11 is 5.35. The largest absolute Gasteiger partial charge is 0.362 e. The van der Waals surface area contributed by atoms with E-state index in [2.05, 4.69) is 59.7 Å². The van der Waals surface area contributed by atoms with E-state index in [0.29, 0.717) is 12.0 Å². The fourth-order valence-corrected chi connectivity index (χ4v) is 2.86. The molecular formula is C17H27N3S. The fraction of sp³-hybridized carbons (Fsp3) is 0.588. The molecule has 0 bridgehead atoms. The number of likely N-dealkylation sites (tertiary alicyclic amines) is 1. The van der Waals surface area contributed by atoms with E-state index in [-0.39, 0.29) is 0 Å². The van der Waals surface area contributed by atoms with Crippen LogP contribution in [-0.2, 0) is 6.54 Å². The molecule has 2 N–H and O–H groups in total. The van der Waals surface area contributed by atoms with Gasteiger partial charge in [-0.15, -0.1) is 0 Å². The van der Waals surface area contributed by atoms with Gasteiger partial charge in [0, 0.05) is 32.2 Å². The van der Waals surface area contributed by atoms with Crippen LogP contribution in [0.25, 0.3) is 0 Å². The topological polar surface area (TPSA) is 27.3 Å². The molecule has 0 saturated carbocycles. The first-order chi connectivity index (χ1) is 10.1. The summed E-state index contributed by atoms with van der Waals surface area (Å²) in [6.07, 6.45) is 2.33. The number of hydrogen-bond donors (Lipinski definition) is 2. The summed E-state index contributed by atoms with van der Waals surface area (Å²) in [4.78, 5) is 2.53. The highest BCUT2D eigenvalue weighted by atomic mass is 32.1. The third kappa shape index (κ3) is 6.02. The van der Waals surface area contributed by atoms with Gasteiger partial charge in [0.1, 0.15) is 0 Å². The van der Waals surface area contributed by atoms with E-state index >= 15 is 0 Å². The molecule has 4 heteroatoms. The van der Waals surface area contributed by atoms with Crippen molar-refractivity contribution in [3.63, 3.8) is 0 Å². The average Bonchev–Trinajstić information content (AvgIpc) is 2.48. The van der Waals surface area contributed by atoms with Gasteiger partial charge < -0.3 is 10.6 Å². The zero-order chi connectivity index (χ0) is 15.1. The van der Waals surface area contributed by atoms with Crippen molar-refractivity contribution in [3.05, 3.63) is 35.9 Å². The molecule has 1 aliphatic rings. The molecule has 1 aromatic carbocycles. The smallest absolute Gasteiger partial charge is 0.166 e. The molecule has 1 saturated heterocycles. The Morgan fingerprint density at radius 3 is 2.52 bits per heavy atom. The van der Waals surface area contributed by atoms with Crippen molar-refractivity contribution in [2.24, 2.45) is 5.92 Å². The molecule has 21 heavy (non-hydrogen) atoms. The summed E-state index contributed by atoms with van der Waals surface area (Å²) in [6, 6.07) is 11.2. The number of thiocarbonyl (C=S) groups is 1. The first-order valence-corrected chi connectivity index (χ1v) is 8.35. The molecule has 0 spiro atoms. The van der Waals surface area contributed by atoms with Crippen molar-refractivity contribution >= 4 is 17.3 Å². The maximum absolute atomic E-state index is 5.35. The van der Waals surface area contributed by atoms with Crippen LogP contribution in [0.5, 0.6) is 0 Å². The molecule has 0 aliphatic carbocycles. The van der Waals surface area contributed by atoms with Crippen LogP contribution in [0, 0.1) is 5.92 Å². The molecule has 2 rings (SSSR count). The molecule has 1 heterocycles. The molecule has 0 unspecified atom stereocenters. The summed E-state index contributed by atoms with van der Waals surface area (Å²) in [7, 11) is 0. The minimum atomic E-state index is 0.518. The molecule has 0 atom stereocenters. The predicted molar refractivity (Wildman–Crippen MR) is 93.3 cm³/mol. The zero-order valence-electron chi connectivity index (χ0n) is 13.1. The lowest BCUT2D eigenvalue weighted by Crippen LogP contribution is -2.48. The minimum Gasteiger partial charge on any atom is -0.362 e. The van der Waals surface area contributed by atoms with Crippen molar-refractivity contribution in [1.82, 2.24) is 15.5 Å². The molecule has 1 fully saturated rings. The Hall–Kier alpha value is -1.13. The fourth-order valence-electron chi connectivity index (χ4n) is 2.61. The lowest BCUT2D eigenvalue weighted by molar-refractivity contribution is 0.199. The quantitative estimate of drug-likeness (QED) is 0.818. The van der Waals surface area contributed by atoms with Crippen LogP contribution in [0.1, 0.15) is 32.3 Å². The van der Waals surface area contributed by atoms with Crippen LogP contribution in [-0.4, -0.2) is 35.7 Å². The maximum Gasteiger partial charge on any atom is 0.166 e. The normalized spacial score (nSPS) is 16.9. The highest BCUT2D eigenvalue weighted by Gasteiger charge is 2.19. The SMILES string of the molecule is CC(C)CNC(=S)NC1CCN(Cc2ccccc2)CC1. The van der Waals surface area contributed by atoms with E-state index in [1.165, 1.54) is 5.56 Å². The van der Waals surface area contributed by atoms with Crippen molar-refractivity contribution < 1.29 is 0 Å². The molecule has 116 valence electrons. The van der Waals surface area contributed by atoms with Crippen LogP contribution in [0.3, 0.4) is 0 Å². The van der Waals surface area contributed by atoms with E-state index in [1.54, 1.807) is 0 Å². The van der Waals surface area contributed by atoms with Crippen molar-refractivity contribution in [1.29, 1.82) is 0 Å². The highest BCUT2D eigenvalue weighted by molar-refractivity contribution is 7.80. The van der Waals surface area contributed by atoms with E-state index in [0.717, 1.165) is 44.1 Å². The summed E-state index contributed by atoms with van der Waals surface area (Å²) in [6.45, 7) is 8.66. The van der Waals surface area contributed by atoms with Gasteiger partial charge in [0.25, 0.3) is 0 Å². The third-order valence-corrected chi connectivity index (χ3v) is 4.10. The second-order valence-electron chi connectivity index (χ2n) is 6.28. The van der Waals surface area contributed by atoms with Crippen LogP contribution >= 0.6 is 12.2 Å². The Bertz CT molecular complexity index is 425. The highest BCUT2D eigenvalue weighted by Crippen LogP contribution is 2.13. The van der Waals surface area contributed by atoms with E-state index in [1.807, 2.05) is 0 Å². The first-order valence-electron chi connectivity index (χ1n) is 7.94. The Morgan fingerprint density at radius 2 is 1.90 bits per heavy atom. The molecule has 0 radical (unpaired) electrons. The molecule has 1 aliphatic heterocycles. The second kappa shape index (κ2) is 8.35. The maximum atomic E-state index is 5.35. The van der Waals surface area contributed by atoms with Gasteiger partial charge in [0.2, 0.25) is 0 Å². The Kier molecular flexibility index (Phi) is 6.46. The number of piperidine rings is 1. The van der Waals surface area contributed by atoms with Gasteiger partial charge in [-0.2, -0.15) is 0 Å². The molecule has 1 aromatic rings. The van der Waals surface area contributed by atoms with E-state index < -0.39 is 0 Å². The van der Waals surface area contributed by atoms with Gasteiger partial charge in [-0.1, -0.05) is 44.2 Å². The molecular weight excluding hydrogens is 278 g/mol. The van der Waals surface area contributed by atoms with Gasteiger partial charge in [-0.25, -0.2) is 0 Å². The predicted octanol–water partition coefficient (Wildman–Crippen LogP) is 2.77. The van der Waals surface area contributed by atoms with E-state index in [9.17, 15) is 0 Å². The second-order valence-corrected chi connectivity index (χ2v) is 6.69. The summed E-state index contributed by atoms with van der Waals surface area (Å²) in [5, 5.41) is 7.55. The zero-order valence-corrected chi connectivity index (χ0v) is 14.0. The number of nitrogens with zero attached hydrogens (tertiary/aromatic N) is 1. The van der Waals surface area contributed by atoms with Gasteiger partial charge in [-0.05, 0) is 36.5 Å². The lowest BCUT2D eigenvalue weighted by Gasteiger charge is -2.33. The Balaban J connectivity index is 1.67. The molecule has 3 nitrogen and oxygen atoms in total. The standard InChI is InChI=1S/C17H27N3S/c1-14(2)12-18-17(21)19-16-8-10-20(11-9-16)13-15-6-4-3-5-7-15/h3-7,14,16H,8-13H2,1-2H3,(H2,18,19,21). The van der Waals surface area contributed by atoms with E-state index in [4.69, 9.17) is 12.2 Å². The molecule has 0 aromatic heterocycles. The Morgan fingerprint density at radius 1 is 1.24 bits per heavy atom. The first kappa shape index (κ1) is 16.2. The number of nitrogens with one attached hydrogen (secondary N) is 2. The summed E-state index contributed by atoms with van der Waals surface area (Å²) in [5.41, 5.74) is 1.40. The monoisotopic (exact) mass is 305 g/mol. The average molecular weight is 305 g/mol. The van der Waals surface area contributed by atoms with Crippen molar-refractivity contribution in [2.75, 3.05) is 19.6 Å². The van der Waals surface area contributed by atoms with Gasteiger partial charge in [-0.3, -0.25) is 4.90 Å². The lowest BCUT2D eigenvalue weighted by atomic mass is 10.0. The van der Waals surface area contributed by atoms with Crippen LogP contribution in [0.4, 0.5) is 0 Å².